The van der Waals surface area contributed by atoms with Crippen molar-refractivity contribution in [2.45, 2.75) is 75.7 Å². The van der Waals surface area contributed by atoms with Gasteiger partial charge in [-0.3, -0.25) is 14.3 Å². The number of hydrogen-bond acceptors (Lipinski definition) is 6. The number of halogens is 1. The molecule has 2 aromatic carbocycles. The van der Waals surface area contributed by atoms with Gasteiger partial charge in [0.15, 0.2) is 0 Å². The molecule has 8 nitrogen and oxygen atoms in total. The number of ether oxygens (including phenoxy) is 1. The third kappa shape index (κ3) is 10.2. The van der Waals surface area contributed by atoms with Gasteiger partial charge in [0.25, 0.3) is 0 Å². The zero-order valence-corrected chi connectivity index (χ0v) is 25.6. The lowest BCUT2D eigenvalue weighted by Gasteiger charge is -2.27. The van der Waals surface area contributed by atoms with Crippen molar-refractivity contribution in [2.75, 3.05) is 19.7 Å². The molecule has 2 aliphatic rings. The van der Waals surface area contributed by atoms with E-state index >= 15 is 0 Å². The van der Waals surface area contributed by atoms with Gasteiger partial charge in [0.1, 0.15) is 11.9 Å². The van der Waals surface area contributed by atoms with E-state index in [0.29, 0.717) is 43.3 Å². The fourth-order valence-corrected chi connectivity index (χ4v) is 6.88. The average molecular weight is 616 g/mol. The van der Waals surface area contributed by atoms with Gasteiger partial charge in [-0.05, 0) is 66.8 Å². The molecule has 2 unspecified atom stereocenters. The van der Waals surface area contributed by atoms with E-state index in [1.165, 1.54) is 12.0 Å². The minimum absolute atomic E-state index is 0.0663. The van der Waals surface area contributed by atoms with Crippen molar-refractivity contribution in [2.24, 2.45) is 11.8 Å². The molecule has 4 rings (SSSR count). The monoisotopic (exact) mass is 615 g/mol. The largest absolute Gasteiger partial charge is 0.444 e. The Morgan fingerprint density at radius 1 is 1.02 bits per heavy atom. The van der Waals surface area contributed by atoms with E-state index in [0.717, 1.165) is 49.6 Å². The molecule has 0 radical (unpaired) electrons. The van der Waals surface area contributed by atoms with Crippen LogP contribution in [-0.2, 0) is 27.4 Å². The number of amides is 3. The Bertz CT molecular complexity index is 1160. The maximum atomic E-state index is 13.4. The normalized spacial score (nSPS) is 18.9. The van der Waals surface area contributed by atoms with Crippen molar-refractivity contribution in [3.8, 4) is 0 Å². The molecular formula is C32H42ClN3O5S. The van der Waals surface area contributed by atoms with Gasteiger partial charge < -0.3 is 20.1 Å². The minimum atomic E-state index is -0.632. The Morgan fingerprint density at radius 2 is 1.79 bits per heavy atom. The van der Waals surface area contributed by atoms with Crippen LogP contribution in [0.4, 0.5) is 4.79 Å². The predicted molar refractivity (Wildman–Crippen MR) is 166 cm³/mol. The van der Waals surface area contributed by atoms with Crippen molar-refractivity contribution in [1.82, 2.24) is 14.9 Å². The summed E-state index contributed by atoms with van der Waals surface area (Å²) < 4.78 is 8.00. The van der Waals surface area contributed by atoms with E-state index in [-0.39, 0.29) is 30.9 Å². The Labute approximate surface area is 258 Å². The molecule has 1 aliphatic carbocycles. The summed E-state index contributed by atoms with van der Waals surface area (Å²) in [5.74, 6) is -0.00211. The Kier molecular flexibility index (Phi) is 12.8. The summed E-state index contributed by atoms with van der Waals surface area (Å²) in [6.45, 7) is 1.16. The highest BCUT2D eigenvalue weighted by Gasteiger charge is 2.34. The quantitative estimate of drug-likeness (QED) is 0.242. The number of aliphatic hydroxyl groups excluding tert-OH is 1. The summed E-state index contributed by atoms with van der Waals surface area (Å²) in [5.41, 5.74) is 1.96. The molecule has 42 heavy (non-hydrogen) atoms. The van der Waals surface area contributed by atoms with E-state index in [1.807, 2.05) is 29.2 Å². The third-order valence-electron chi connectivity index (χ3n) is 8.17. The van der Waals surface area contributed by atoms with Gasteiger partial charge in [0.2, 0.25) is 11.8 Å². The number of nitrogens with zero attached hydrogens (tertiary/aromatic N) is 1. The third-order valence-corrected chi connectivity index (χ3v) is 9.38. The van der Waals surface area contributed by atoms with E-state index in [1.54, 1.807) is 18.2 Å². The highest BCUT2D eigenvalue weighted by atomic mass is 35.5. The summed E-state index contributed by atoms with van der Waals surface area (Å²) in [7, 11) is 0. The molecule has 1 saturated heterocycles. The first-order valence-corrected chi connectivity index (χ1v) is 16.2. The summed E-state index contributed by atoms with van der Waals surface area (Å²) >= 11 is 7.06. The van der Waals surface area contributed by atoms with Crippen molar-refractivity contribution in [1.29, 1.82) is 0 Å². The second-order valence-electron chi connectivity index (χ2n) is 11.3. The van der Waals surface area contributed by atoms with E-state index in [2.05, 4.69) is 22.2 Å². The van der Waals surface area contributed by atoms with Crippen molar-refractivity contribution in [3.05, 3.63) is 70.7 Å². The van der Waals surface area contributed by atoms with Crippen LogP contribution in [0.2, 0.25) is 5.02 Å². The van der Waals surface area contributed by atoms with Gasteiger partial charge >= 0.3 is 6.09 Å². The van der Waals surface area contributed by atoms with Crippen molar-refractivity contribution >= 4 is 41.5 Å². The van der Waals surface area contributed by atoms with Crippen LogP contribution >= 0.6 is 23.5 Å². The Morgan fingerprint density at radius 3 is 2.52 bits per heavy atom. The fourth-order valence-electron chi connectivity index (χ4n) is 5.83. The lowest BCUT2D eigenvalue weighted by molar-refractivity contribution is -0.131. The molecule has 3 N–H and O–H groups in total. The summed E-state index contributed by atoms with van der Waals surface area (Å²) in [4.78, 5) is 40.9. The molecule has 2 aromatic rings. The summed E-state index contributed by atoms with van der Waals surface area (Å²) in [5, 5.41) is 13.1. The fraction of sp³-hybridized carbons (Fsp3) is 0.531. The highest BCUT2D eigenvalue weighted by Crippen LogP contribution is 2.31. The number of aliphatic hydroxyl groups is 1. The minimum Gasteiger partial charge on any atom is -0.444 e. The highest BCUT2D eigenvalue weighted by molar-refractivity contribution is 7.99. The maximum absolute atomic E-state index is 13.4. The van der Waals surface area contributed by atoms with E-state index < -0.39 is 17.4 Å². The number of carbonyl (C=O) groups is 3. The molecule has 0 bridgehead atoms. The molecule has 1 saturated carbocycles. The molecule has 1 heterocycles. The van der Waals surface area contributed by atoms with Crippen molar-refractivity contribution < 1.29 is 24.2 Å². The van der Waals surface area contributed by atoms with Gasteiger partial charge in [-0.1, -0.05) is 86.2 Å². The molecule has 0 spiro atoms. The first-order chi connectivity index (χ1) is 20.4. The number of benzene rings is 2. The molecule has 10 heteroatoms. The van der Waals surface area contributed by atoms with Gasteiger partial charge in [-0.25, -0.2) is 4.79 Å². The van der Waals surface area contributed by atoms with Crippen LogP contribution in [-0.4, -0.2) is 58.9 Å². The number of nitrogens with one attached hydrogen (secondary N) is 2. The topological polar surface area (TPSA) is 108 Å². The number of likely N-dealkylation sites (tertiary alicyclic amines) is 1. The molecular weight excluding hydrogens is 574 g/mol. The second kappa shape index (κ2) is 16.8. The number of rotatable bonds is 14. The van der Waals surface area contributed by atoms with Gasteiger partial charge in [0, 0.05) is 24.0 Å². The molecule has 228 valence electrons. The number of carbonyl (C=O) groups excluding carboxylic acids is 3. The van der Waals surface area contributed by atoms with Crippen LogP contribution in [0, 0.1) is 11.8 Å². The van der Waals surface area contributed by atoms with Gasteiger partial charge in [0.05, 0.1) is 12.6 Å². The SMILES string of the molecule is O=C(NS[C@@H](CC1CCCCC1)C(=O)NC(CO)CC1CCN(CCc2ccccc2)C1=O)OCc1cccc(Cl)c1. The molecule has 2 fully saturated rings. The standard InChI is InChI=1S/C32H42ClN3O5S/c33-27-13-7-12-25(18-27)22-41-32(40)35-42-29(19-24-10-5-2-6-11-24)30(38)34-28(21-37)20-26-15-17-36(31(26)39)16-14-23-8-3-1-4-9-23/h1,3-4,7-9,12-13,18,24,26,28-29,37H,2,5-6,10-11,14-17,19-22H2,(H,34,38)(H,35,40)/t26?,28?,29-/m0/s1. The van der Waals surface area contributed by atoms with Crippen LogP contribution in [0.25, 0.3) is 0 Å². The van der Waals surface area contributed by atoms with Crippen LogP contribution < -0.4 is 10.0 Å². The lowest BCUT2D eigenvalue weighted by Crippen LogP contribution is -2.45. The van der Waals surface area contributed by atoms with Crippen LogP contribution in [0.15, 0.2) is 54.6 Å². The zero-order chi connectivity index (χ0) is 29.7. The molecule has 1 aliphatic heterocycles. The first-order valence-electron chi connectivity index (χ1n) is 15.0. The summed E-state index contributed by atoms with van der Waals surface area (Å²) in [6.07, 6.45) is 7.49. The van der Waals surface area contributed by atoms with E-state index in [4.69, 9.17) is 16.3 Å². The second-order valence-corrected chi connectivity index (χ2v) is 12.8. The maximum Gasteiger partial charge on any atom is 0.417 e. The van der Waals surface area contributed by atoms with Gasteiger partial charge in [-0.2, -0.15) is 0 Å². The van der Waals surface area contributed by atoms with E-state index in [9.17, 15) is 19.5 Å². The number of hydrogen-bond donors (Lipinski definition) is 3. The van der Waals surface area contributed by atoms with Crippen LogP contribution in [0.1, 0.15) is 62.5 Å². The first kappa shape index (κ1) is 32.2. The van der Waals surface area contributed by atoms with Crippen LogP contribution in [0.5, 0.6) is 0 Å². The average Bonchev–Trinajstić information content (AvgIpc) is 3.36. The predicted octanol–water partition coefficient (Wildman–Crippen LogP) is 5.51. The Balaban J connectivity index is 1.28. The zero-order valence-electron chi connectivity index (χ0n) is 24.0. The summed E-state index contributed by atoms with van der Waals surface area (Å²) in [6, 6.07) is 16.6. The smallest absolute Gasteiger partial charge is 0.417 e. The molecule has 3 amide bonds. The van der Waals surface area contributed by atoms with Crippen molar-refractivity contribution in [3.63, 3.8) is 0 Å². The Hall–Kier alpha value is -2.75. The molecule has 0 aromatic heterocycles. The van der Waals surface area contributed by atoms with Crippen LogP contribution in [0.3, 0.4) is 0 Å². The van der Waals surface area contributed by atoms with Gasteiger partial charge in [-0.15, -0.1) is 0 Å². The lowest BCUT2D eigenvalue weighted by atomic mass is 9.86. The molecule has 3 atom stereocenters.